The lowest BCUT2D eigenvalue weighted by Gasteiger charge is -2.41. The van der Waals surface area contributed by atoms with Crippen molar-refractivity contribution in [1.82, 2.24) is 9.88 Å². The molecule has 4 heteroatoms. The molecule has 100 valence electrons. The number of pyridine rings is 1. The number of hydrogen-bond donors (Lipinski definition) is 1. The van der Waals surface area contributed by atoms with Crippen molar-refractivity contribution in [3.05, 3.63) is 23.5 Å². The zero-order chi connectivity index (χ0) is 13.1. The van der Waals surface area contributed by atoms with E-state index in [4.69, 9.17) is 5.73 Å². The normalized spacial score (nSPS) is 21.3. The van der Waals surface area contributed by atoms with Crippen LogP contribution in [0.25, 0.3) is 0 Å². The summed E-state index contributed by atoms with van der Waals surface area (Å²) in [6.45, 7) is 8.13. The van der Waals surface area contributed by atoms with Gasteiger partial charge in [-0.25, -0.2) is 0 Å². The van der Waals surface area contributed by atoms with Crippen molar-refractivity contribution in [1.29, 1.82) is 0 Å². The second-order valence-electron chi connectivity index (χ2n) is 5.15. The number of rotatable bonds is 3. The predicted octanol–water partition coefficient (Wildman–Crippen LogP) is 1.38. The van der Waals surface area contributed by atoms with Crippen LogP contribution in [0.5, 0.6) is 0 Å². The van der Waals surface area contributed by atoms with Crippen molar-refractivity contribution in [2.45, 2.75) is 32.9 Å². The minimum Gasteiger partial charge on any atom is -0.368 e. The molecule has 1 fully saturated rings. The summed E-state index contributed by atoms with van der Waals surface area (Å²) in [5.74, 6) is 0. The van der Waals surface area contributed by atoms with Crippen molar-refractivity contribution in [2.24, 2.45) is 5.73 Å². The van der Waals surface area contributed by atoms with E-state index in [1.165, 1.54) is 12.1 Å². The average Bonchev–Trinajstić information content (AvgIpc) is 2.39. The summed E-state index contributed by atoms with van der Waals surface area (Å²) in [4.78, 5) is 9.26. The summed E-state index contributed by atoms with van der Waals surface area (Å²) in [5.41, 5.74) is 9.32. The number of hydrogen-bond acceptors (Lipinski definition) is 4. The molecule has 2 N–H and O–H groups in total. The molecule has 2 heterocycles. The fourth-order valence-corrected chi connectivity index (χ4v) is 2.63. The first-order valence-electron chi connectivity index (χ1n) is 6.76. The van der Waals surface area contributed by atoms with Gasteiger partial charge >= 0.3 is 0 Å². The molecule has 0 radical (unpaired) electrons. The third-order valence-electron chi connectivity index (χ3n) is 3.91. The average molecular weight is 248 g/mol. The van der Waals surface area contributed by atoms with Gasteiger partial charge in [0.05, 0.1) is 0 Å². The molecular weight excluding hydrogens is 224 g/mol. The van der Waals surface area contributed by atoms with Crippen molar-refractivity contribution in [3.63, 3.8) is 0 Å². The zero-order valence-corrected chi connectivity index (χ0v) is 11.7. The Hall–Kier alpha value is -1.13. The Balaban J connectivity index is 2.23. The smallest absolute Gasteiger partial charge is 0.0446 e. The van der Waals surface area contributed by atoms with Gasteiger partial charge in [0.2, 0.25) is 0 Å². The van der Waals surface area contributed by atoms with Crippen LogP contribution >= 0.6 is 0 Å². The van der Waals surface area contributed by atoms with Gasteiger partial charge in [0.25, 0.3) is 0 Å². The maximum atomic E-state index is 5.82. The van der Waals surface area contributed by atoms with Gasteiger partial charge in [0.15, 0.2) is 0 Å². The van der Waals surface area contributed by atoms with E-state index in [0.717, 1.165) is 30.9 Å². The van der Waals surface area contributed by atoms with Crippen LogP contribution in [-0.2, 0) is 6.54 Å². The number of aryl methyl sites for hydroxylation is 1. The first kappa shape index (κ1) is 13.3. The van der Waals surface area contributed by atoms with Crippen LogP contribution in [0.1, 0.15) is 24.6 Å². The highest BCUT2D eigenvalue weighted by atomic mass is 15.3. The van der Waals surface area contributed by atoms with Gasteiger partial charge in [-0.3, -0.25) is 9.88 Å². The molecule has 1 saturated heterocycles. The lowest BCUT2D eigenvalue weighted by atomic mass is 10.1. The Bertz CT molecular complexity index is 405. The van der Waals surface area contributed by atoms with E-state index < -0.39 is 0 Å². The zero-order valence-electron chi connectivity index (χ0n) is 11.7. The molecule has 1 aromatic heterocycles. The monoisotopic (exact) mass is 248 g/mol. The number of nitrogens with two attached hydrogens (primary N) is 1. The van der Waals surface area contributed by atoms with E-state index in [1.807, 2.05) is 13.1 Å². The topological polar surface area (TPSA) is 45.4 Å². The van der Waals surface area contributed by atoms with Gasteiger partial charge in [-0.15, -0.1) is 0 Å². The molecule has 4 nitrogen and oxygen atoms in total. The minimum atomic E-state index is 0.561. The van der Waals surface area contributed by atoms with E-state index in [-0.39, 0.29) is 0 Å². The summed E-state index contributed by atoms with van der Waals surface area (Å²) in [6.07, 6.45) is 3.11. The summed E-state index contributed by atoms with van der Waals surface area (Å²) in [7, 11) is 2.22. The molecule has 18 heavy (non-hydrogen) atoms. The number of anilines is 1. The molecular formula is C14H24N4. The molecule has 0 aromatic carbocycles. The van der Waals surface area contributed by atoms with Gasteiger partial charge in [0, 0.05) is 55.4 Å². The van der Waals surface area contributed by atoms with E-state index in [1.54, 1.807) is 0 Å². The SMILES string of the molecule is CCC1CN(c2cc(C)ncc2CN)CCN1C. The highest BCUT2D eigenvalue weighted by Crippen LogP contribution is 2.24. The highest BCUT2D eigenvalue weighted by molar-refractivity contribution is 5.54. The molecule has 0 spiro atoms. The van der Waals surface area contributed by atoms with Crippen molar-refractivity contribution < 1.29 is 0 Å². The first-order valence-corrected chi connectivity index (χ1v) is 6.76. The van der Waals surface area contributed by atoms with Crippen LogP contribution in [0.3, 0.4) is 0 Å². The van der Waals surface area contributed by atoms with Gasteiger partial charge in [-0.05, 0) is 26.5 Å². The second kappa shape index (κ2) is 5.67. The van der Waals surface area contributed by atoms with Crippen LogP contribution in [0, 0.1) is 6.92 Å². The van der Waals surface area contributed by atoms with Crippen LogP contribution < -0.4 is 10.6 Å². The summed E-state index contributed by atoms with van der Waals surface area (Å²) in [5, 5.41) is 0. The molecule has 0 bridgehead atoms. The summed E-state index contributed by atoms with van der Waals surface area (Å²) >= 11 is 0. The summed E-state index contributed by atoms with van der Waals surface area (Å²) < 4.78 is 0. The Labute approximate surface area is 110 Å². The molecule has 0 aliphatic carbocycles. The fourth-order valence-electron chi connectivity index (χ4n) is 2.63. The molecule has 0 amide bonds. The molecule has 1 aromatic rings. The Morgan fingerprint density at radius 3 is 2.89 bits per heavy atom. The van der Waals surface area contributed by atoms with Gasteiger partial charge in [-0.1, -0.05) is 6.92 Å². The lowest BCUT2D eigenvalue weighted by molar-refractivity contribution is 0.213. The highest BCUT2D eigenvalue weighted by Gasteiger charge is 2.24. The van der Waals surface area contributed by atoms with Crippen LogP contribution in [-0.4, -0.2) is 42.6 Å². The Morgan fingerprint density at radius 2 is 2.22 bits per heavy atom. The van der Waals surface area contributed by atoms with Crippen molar-refractivity contribution in [2.75, 3.05) is 31.6 Å². The molecule has 1 atom stereocenters. The molecule has 0 saturated carbocycles. The lowest BCUT2D eigenvalue weighted by Crippen LogP contribution is -2.51. The van der Waals surface area contributed by atoms with Gasteiger partial charge < -0.3 is 10.6 Å². The third kappa shape index (κ3) is 2.65. The quantitative estimate of drug-likeness (QED) is 0.878. The molecule has 2 rings (SSSR count). The van der Waals surface area contributed by atoms with Crippen LogP contribution in [0.4, 0.5) is 5.69 Å². The maximum Gasteiger partial charge on any atom is 0.0446 e. The van der Waals surface area contributed by atoms with Gasteiger partial charge in [0.1, 0.15) is 0 Å². The van der Waals surface area contributed by atoms with E-state index in [2.05, 4.69) is 34.8 Å². The third-order valence-corrected chi connectivity index (χ3v) is 3.91. The van der Waals surface area contributed by atoms with E-state index in [0.29, 0.717) is 12.6 Å². The van der Waals surface area contributed by atoms with Crippen molar-refractivity contribution >= 4 is 5.69 Å². The fraction of sp³-hybridized carbons (Fsp3) is 0.643. The van der Waals surface area contributed by atoms with E-state index >= 15 is 0 Å². The summed E-state index contributed by atoms with van der Waals surface area (Å²) in [6, 6.07) is 2.80. The molecule has 1 aliphatic heterocycles. The Kier molecular flexibility index (Phi) is 4.19. The van der Waals surface area contributed by atoms with Crippen LogP contribution in [0.15, 0.2) is 12.3 Å². The number of aromatic nitrogens is 1. The number of nitrogens with zero attached hydrogens (tertiary/aromatic N) is 3. The van der Waals surface area contributed by atoms with E-state index in [9.17, 15) is 0 Å². The molecule has 1 unspecified atom stereocenters. The first-order chi connectivity index (χ1) is 8.65. The van der Waals surface area contributed by atoms with Gasteiger partial charge in [-0.2, -0.15) is 0 Å². The minimum absolute atomic E-state index is 0.561. The maximum absolute atomic E-state index is 5.82. The standard InChI is InChI=1S/C14H24N4/c1-4-13-10-18(6-5-17(13)3)14-7-11(2)16-9-12(14)8-15/h7,9,13H,4-6,8,10,15H2,1-3H3. The molecule has 1 aliphatic rings. The number of piperazine rings is 1. The Morgan fingerprint density at radius 1 is 1.44 bits per heavy atom. The number of likely N-dealkylation sites (N-methyl/N-ethyl adjacent to an activating group) is 1. The van der Waals surface area contributed by atoms with Crippen LogP contribution in [0.2, 0.25) is 0 Å². The second-order valence-corrected chi connectivity index (χ2v) is 5.15. The van der Waals surface area contributed by atoms with Crippen molar-refractivity contribution in [3.8, 4) is 0 Å². The predicted molar refractivity (Wildman–Crippen MR) is 75.8 cm³/mol. The largest absolute Gasteiger partial charge is 0.368 e.